The van der Waals surface area contributed by atoms with Gasteiger partial charge in [0.05, 0.1) is 9.79 Å². The SMILES string of the molecule is Cc1ccc(S(=O)(=O)n2ccc3c(-c4ccc(N5CCC6(CCN(C(=O)CO)C6)CC5)nc4)cn(C)c(=O)c32)cc1.Cc1ccc(S(=O)(=O)n2ccc3c(-c4ccc(N5CCC6(CCNC6)CC5)nc4)cn(C)c(=O)c32)cc1.Cn1cc(-c2ccc(N3CCC4(CCN(C(=O)CO)C4)CC3)nc2)c2cc[nH]c2c1=O.O=C(O)CO. The lowest BCUT2D eigenvalue weighted by Gasteiger charge is -2.39. The first-order chi connectivity index (χ1) is 54.7. The van der Waals surface area contributed by atoms with Crippen molar-refractivity contribution in [1.82, 2.24) is 56.7 Å². The summed E-state index contributed by atoms with van der Waals surface area (Å²) in [6.07, 6.45) is 25.0. The van der Waals surface area contributed by atoms with Crippen molar-refractivity contribution in [2.75, 3.05) is 113 Å². The van der Waals surface area contributed by atoms with Crippen LogP contribution in [-0.2, 0) is 55.6 Å². The summed E-state index contributed by atoms with van der Waals surface area (Å²) >= 11 is 0. The molecule has 29 nitrogen and oxygen atoms in total. The van der Waals surface area contributed by atoms with Crippen LogP contribution in [0.4, 0.5) is 17.5 Å². The number of H-pyrrole nitrogens is 1. The first-order valence-corrected chi connectivity index (χ1v) is 41.2. The fraction of sp³-hybridized carbons (Fsp3) is 0.386. The highest BCUT2D eigenvalue weighted by molar-refractivity contribution is 7.90. The summed E-state index contributed by atoms with van der Waals surface area (Å²) in [6.45, 7) is 12.8. The van der Waals surface area contributed by atoms with Gasteiger partial charge in [0.1, 0.15) is 53.8 Å². The number of anilines is 3. The van der Waals surface area contributed by atoms with Gasteiger partial charge in [-0.05, 0) is 173 Å². The van der Waals surface area contributed by atoms with Crippen LogP contribution in [0.1, 0.15) is 68.9 Å². The van der Waals surface area contributed by atoms with Gasteiger partial charge in [-0.15, -0.1) is 0 Å². The standard InChI is InChI=1S/C30H33N5O5S.C28H31N5O3S.C23H27N5O3.C2H4O3/c1-21-3-6-23(7-4-21)41(39,40)35-13-9-24-25(18-32(2)29(38)28(24)35)22-5-8-26(31-17-22)33-14-10-30(11-15-33)12-16-34(20-30)27(37)19-36;1-20-3-6-22(7-4-20)37(35,36)33-14-9-23-24(18-31(2)27(34)26(23)33)21-5-8-25(30-17-21)32-15-11-28(12-16-32)10-13-29-19-28;1-26-13-18(17-4-8-24-21(17)22(26)31)16-2-3-19(25-12-16)27-9-5-23(6-10-27)7-11-28(15-23)20(30)14-29;3-1-2(4)5/h3-9,13,17-18,36H,10-12,14-16,19-20H2,1-2H3;3-9,14,17-18,29H,10-13,15-16,19H2,1-2H3;2-4,8,12-13,24,29H,5-7,9-11,14-15H2,1H3;3H,1H2,(H,4,5). The molecule has 15 heterocycles. The van der Waals surface area contributed by atoms with E-state index < -0.39 is 51.4 Å². The number of hydrogen-bond acceptors (Lipinski definition) is 20. The fourth-order valence-corrected chi connectivity index (χ4v) is 19.7. The fourth-order valence-electron chi connectivity index (χ4n) is 17.0. The summed E-state index contributed by atoms with van der Waals surface area (Å²) in [5.74, 6) is 1.21. The van der Waals surface area contributed by atoms with E-state index in [0.29, 0.717) is 34.8 Å². The van der Waals surface area contributed by atoms with E-state index in [0.717, 1.165) is 179 Å². The second-order valence-electron chi connectivity index (χ2n) is 31.1. The average molecular weight is 1590 g/mol. The molecule has 11 aromatic rings. The Morgan fingerprint density at radius 1 is 0.447 bits per heavy atom. The molecular weight excluding hydrogens is 1500 g/mol. The molecule has 0 aliphatic carbocycles. The number of likely N-dealkylation sites (tertiary alicyclic amines) is 2. The van der Waals surface area contributed by atoms with Crippen molar-refractivity contribution >= 4 is 88.0 Å². The number of aromatic amines is 1. The van der Waals surface area contributed by atoms with Crippen molar-refractivity contribution in [3.63, 3.8) is 0 Å². The number of pyridine rings is 6. The largest absolute Gasteiger partial charge is 0.480 e. The highest BCUT2D eigenvalue weighted by Gasteiger charge is 2.44. The Morgan fingerprint density at radius 3 is 1.15 bits per heavy atom. The van der Waals surface area contributed by atoms with Gasteiger partial charge in [0.15, 0.2) is 0 Å². The number of nitrogens with one attached hydrogen (secondary N) is 2. The molecule has 6 aliphatic heterocycles. The molecule has 3 spiro atoms. The highest BCUT2D eigenvalue weighted by atomic mass is 32.2. The Balaban J connectivity index is 0.000000138. The molecule has 0 unspecified atom stereocenters. The second kappa shape index (κ2) is 32.4. The van der Waals surface area contributed by atoms with E-state index in [4.69, 9.17) is 35.1 Å². The van der Waals surface area contributed by atoms with Gasteiger partial charge in [-0.2, -0.15) is 0 Å². The van der Waals surface area contributed by atoms with Crippen LogP contribution >= 0.6 is 0 Å². The quantitative estimate of drug-likeness (QED) is 0.0670. The lowest BCUT2D eigenvalue weighted by Crippen LogP contribution is -2.42. The highest BCUT2D eigenvalue weighted by Crippen LogP contribution is 2.44. The van der Waals surface area contributed by atoms with Gasteiger partial charge in [-0.3, -0.25) is 24.0 Å². The number of fused-ring (bicyclic) bond motifs is 3. The van der Waals surface area contributed by atoms with Crippen molar-refractivity contribution in [2.24, 2.45) is 37.4 Å². The number of carbonyl (C=O) groups excluding carboxylic acids is 2. The van der Waals surface area contributed by atoms with Gasteiger partial charge in [0.25, 0.3) is 36.7 Å². The lowest BCUT2D eigenvalue weighted by molar-refractivity contribution is -0.140. The van der Waals surface area contributed by atoms with Crippen LogP contribution in [-0.4, -0.2) is 205 Å². The van der Waals surface area contributed by atoms with Crippen molar-refractivity contribution in [1.29, 1.82) is 0 Å². The number of piperidine rings is 3. The summed E-state index contributed by atoms with van der Waals surface area (Å²) in [6, 6.07) is 30.6. The maximum absolute atomic E-state index is 13.5. The van der Waals surface area contributed by atoms with Gasteiger partial charge in [-0.1, -0.05) is 35.4 Å². The van der Waals surface area contributed by atoms with Crippen LogP contribution in [0, 0.1) is 30.1 Å². The Kier molecular flexibility index (Phi) is 22.6. The maximum atomic E-state index is 13.5. The summed E-state index contributed by atoms with van der Waals surface area (Å²) in [7, 11) is -2.88. The van der Waals surface area contributed by atoms with E-state index in [2.05, 4.69) is 31.1 Å². The summed E-state index contributed by atoms with van der Waals surface area (Å²) in [4.78, 5) is 99.5. The second-order valence-corrected chi connectivity index (χ2v) is 34.8. The molecule has 0 atom stereocenters. The number of aliphatic hydroxyl groups excluding tert-OH is 3. The molecule has 2 amide bonds. The van der Waals surface area contributed by atoms with Crippen molar-refractivity contribution < 1.29 is 51.6 Å². The molecule has 598 valence electrons. The van der Waals surface area contributed by atoms with Crippen molar-refractivity contribution in [3.05, 3.63) is 201 Å². The van der Waals surface area contributed by atoms with Gasteiger partial charge < -0.3 is 68.9 Å². The molecule has 0 bridgehead atoms. The minimum absolute atomic E-state index is 0.0401. The molecule has 31 heteroatoms. The number of rotatable bonds is 13. The summed E-state index contributed by atoms with van der Waals surface area (Å²) in [5, 5.41) is 38.9. The van der Waals surface area contributed by atoms with Gasteiger partial charge in [-0.25, -0.2) is 44.5 Å². The topological polar surface area (TPSA) is 359 Å². The van der Waals surface area contributed by atoms with E-state index in [-0.39, 0.29) is 54.6 Å². The Hall–Kier alpha value is -11.1. The first-order valence-electron chi connectivity index (χ1n) is 38.3. The molecule has 2 aromatic carbocycles. The molecule has 6 aliphatic rings. The zero-order valence-electron chi connectivity index (χ0n) is 64.5. The number of nitrogens with zero attached hydrogens (tertiary/aromatic N) is 13. The zero-order chi connectivity index (χ0) is 80.6. The number of hydrogen-bond donors (Lipinski definition) is 6. The van der Waals surface area contributed by atoms with E-state index in [9.17, 15) is 45.9 Å². The Bertz CT molecular complexity index is 5830. The molecule has 17 rings (SSSR count). The minimum atomic E-state index is -3.97. The van der Waals surface area contributed by atoms with Crippen LogP contribution in [0.15, 0.2) is 183 Å². The van der Waals surface area contributed by atoms with Gasteiger partial charge in [0, 0.05) is 198 Å². The lowest BCUT2D eigenvalue weighted by atomic mass is 9.78. The smallest absolute Gasteiger partial charge is 0.329 e. The van der Waals surface area contributed by atoms with Gasteiger partial charge >= 0.3 is 5.97 Å². The first kappa shape index (κ1) is 79.6. The van der Waals surface area contributed by atoms with Gasteiger partial charge in [0.2, 0.25) is 11.8 Å². The van der Waals surface area contributed by atoms with E-state index >= 15 is 0 Å². The predicted octanol–water partition coefficient (Wildman–Crippen LogP) is 7.09. The van der Waals surface area contributed by atoms with E-state index in [1.807, 2.05) is 68.8 Å². The van der Waals surface area contributed by atoms with Crippen LogP contribution < -0.4 is 36.7 Å². The summed E-state index contributed by atoms with van der Waals surface area (Å²) < 4.78 is 60.4. The molecule has 114 heavy (non-hydrogen) atoms. The number of aliphatic carboxylic acids is 1. The van der Waals surface area contributed by atoms with Crippen molar-refractivity contribution in [2.45, 2.75) is 81.4 Å². The van der Waals surface area contributed by atoms with Crippen LogP contribution in [0.25, 0.3) is 66.1 Å². The van der Waals surface area contributed by atoms with E-state index in [1.54, 1.807) is 121 Å². The molecule has 0 saturated carbocycles. The average Bonchev–Trinajstić information content (AvgIpc) is 1.57. The molecule has 6 saturated heterocycles. The number of carboxylic acid groups (broad SMARTS) is 1. The normalized spacial score (nSPS) is 17.1. The number of aryl methyl sites for hydroxylation is 5. The number of amides is 2. The molecular formula is C83H95N15O14S2. The number of carbonyl (C=O) groups is 3. The minimum Gasteiger partial charge on any atom is -0.480 e. The Morgan fingerprint density at radius 2 is 0.807 bits per heavy atom. The Labute approximate surface area is 659 Å². The van der Waals surface area contributed by atoms with Crippen LogP contribution in [0.3, 0.4) is 0 Å². The maximum Gasteiger partial charge on any atom is 0.329 e. The van der Waals surface area contributed by atoms with Crippen LogP contribution in [0.2, 0.25) is 0 Å². The molecule has 9 aromatic heterocycles. The third-order valence-electron chi connectivity index (χ3n) is 24.0. The molecule has 0 radical (unpaired) electrons. The molecule has 6 fully saturated rings. The molecule has 6 N–H and O–H groups in total. The van der Waals surface area contributed by atoms with Crippen LogP contribution in [0.5, 0.6) is 0 Å². The number of aromatic nitrogens is 9. The van der Waals surface area contributed by atoms with E-state index in [1.165, 1.54) is 40.8 Å². The number of aliphatic hydroxyl groups is 3. The summed E-state index contributed by atoms with van der Waals surface area (Å²) in [5.41, 5.74) is 7.73. The zero-order valence-corrected chi connectivity index (χ0v) is 66.1. The third-order valence-corrected chi connectivity index (χ3v) is 27.3. The third kappa shape index (κ3) is 15.9. The number of carboxylic acids is 1. The predicted molar refractivity (Wildman–Crippen MR) is 436 cm³/mol. The monoisotopic (exact) mass is 1590 g/mol. The van der Waals surface area contributed by atoms with Crippen molar-refractivity contribution in [3.8, 4) is 33.4 Å². The number of benzene rings is 2.